The van der Waals surface area contributed by atoms with Gasteiger partial charge < -0.3 is 10.1 Å². The molecule has 1 atom stereocenters. The first-order valence-corrected chi connectivity index (χ1v) is 9.73. The van der Waals surface area contributed by atoms with Crippen LogP contribution in [0.3, 0.4) is 0 Å². The molecule has 1 N–H and O–H groups in total. The Morgan fingerprint density at radius 2 is 2.11 bits per heavy atom. The fraction of sp³-hybridized carbons (Fsp3) is 0.316. The van der Waals surface area contributed by atoms with Crippen LogP contribution in [-0.4, -0.2) is 65.8 Å². The number of amides is 4. The van der Waals surface area contributed by atoms with E-state index in [1.165, 1.54) is 23.4 Å². The van der Waals surface area contributed by atoms with Crippen molar-refractivity contribution in [1.82, 2.24) is 4.90 Å². The Kier molecular flexibility index (Phi) is 5.93. The van der Waals surface area contributed by atoms with Crippen LogP contribution in [0.2, 0.25) is 0 Å². The van der Waals surface area contributed by atoms with Gasteiger partial charge in [0.25, 0.3) is 5.84 Å². The zero-order chi connectivity index (χ0) is 20.3. The first kappa shape index (κ1) is 19.8. The number of benzene rings is 1. The monoisotopic (exact) mass is 401 g/mol. The molecule has 1 aromatic rings. The third kappa shape index (κ3) is 3.84. The number of imide groups is 1. The second-order valence-corrected chi connectivity index (χ2v) is 7.19. The highest BCUT2D eigenvalue weighted by Crippen LogP contribution is 2.32. The van der Waals surface area contributed by atoms with E-state index in [1.54, 1.807) is 31.5 Å². The van der Waals surface area contributed by atoms with Crippen molar-refractivity contribution in [3.63, 3.8) is 0 Å². The van der Waals surface area contributed by atoms with Crippen molar-refractivity contribution in [2.24, 2.45) is 10.9 Å². The Labute approximate surface area is 167 Å². The highest BCUT2D eigenvalue weighted by Gasteiger charge is 2.47. The predicted octanol–water partition coefficient (Wildman–Crippen LogP) is 1.97. The van der Waals surface area contributed by atoms with Crippen LogP contribution in [0.5, 0.6) is 5.75 Å². The van der Waals surface area contributed by atoms with E-state index >= 15 is 0 Å². The summed E-state index contributed by atoms with van der Waals surface area (Å²) in [5, 5.41) is 2.83. The van der Waals surface area contributed by atoms with Gasteiger partial charge in [0.1, 0.15) is 12.0 Å². The fourth-order valence-corrected chi connectivity index (χ4v) is 3.83. The molecule has 1 aromatic carbocycles. The highest BCUT2D eigenvalue weighted by atomic mass is 32.2. The van der Waals surface area contributed by atoms with Crippen LogP contribution in [0.15, 0.2) is 40.2 Å². The minimum atomic E-state index is -0.675. The Morgan fingerprint density at radius 3 is 2.86 bits per heavy atom. The molecule has 1 unspecified atom stereocenters. The Balaban J connectivity index is 1.70. The van der Waals surface area contributed by atoms with Crippen LogP contribution in [0.1, 0.15) is 6.92 Å². The number of nitrogens with one attached hydrogen (secondary N) is 1. The van der Waals surface area contributed by atoms with E-state index in [0.717, 1.165) is 4.90 Å². The van der Waals surface area contributed by atoms with Crippen molar-refractivity contribution >= 4 is 47.3 Å². The molecule has 4 amide bonds. The number of rotatable bonds is 6. The molecule has 28 heavy (non-hydrogen) atoms. The molecule has 2 aliphatic rings. The Morgan fingerprint density at radius 1 is 1.36 bits per heavy atom. The SMILES string of the molecule is CCOc1ccccc1NC(=O)CSC1=CC=NC2=[N+](C)C(=O)N(C)C(=O)C12. The highest BCUT2D eigenvalue weighted by molar-refractivity contribution is 8.03. The van der Waals surface area contributed by atoms with Gasteiger partial charge in [0.2, 0.25) is 5.91 Å². The lowest BCUT2D eigenvalue weighted by Gasteiger charge is -2.26. The summed E-state index contributed by atoms with van der Waals surface area (Å²) in [5.41, 5.74) is 0.597. The van der Waals surface area contributed by atoms with Gasteiger partial charge in [-0.25, -0.2) is 4.79 Å². The number of para-hydroxylation sites is 2. The summed E-state index contributed by atoms with van der Waals surface area (Å²) >= 11 is 1.25. The molecule has 0 radical (unpaired) electrons. The summed E-state index contributed by atoms with van der Waals surface area (Å²) in [6.45, 7) is 2.37. The number of aliphatic imine (C=N–C) groups is 1. The number of dihydropyridines is 1. The maximum Gasteiger partial charge on any atom is 0.445 e. The van der Waals surface area contributed by atoms with Crippen molar-refractivity contribution < 1.29 is 23.7 Å². The zero-order valence-electron chi connectivity index (χ0n) is 15.8. The minimum Gasteiger partial charge on any atom is -0.492 e. The molecular formula is C19H21N4O4S+. The van der Waals surface area contributed by atoms with Crippen molar-refractivity contribution in [1.29, 1.82) is 0 Å². The molecule has 0 fully saturated rings. The maximum absolute atomic E-state index is 12.6. The van der Waals surface area contributed by atoms with E-state index in [-0.39, 0.29) is 17.6 Å². The number of ether oxygens (including phenoxy) is 1. The van der Waals surface area contributed by atoms with Crippen molar-refractivity contribution in [3.8, 4) is 5.75 Å². The van der Waals surface area contributed by atoms with Gasteiger partial charge in [0.15, 0.2) is 5.92 Å². The topological polar surface area (TPSA) is 91.1 Å². The molecule has 2 heterocycles. The average Bonchev–Trinajstić information content (AvgIpc) is 2.70. The summed E-state index contributed by atoms with van der Waals surface area (Å²) in [7, 11) is 3.02. The zero-order valence-corrected chi connectivity index (χ0v) is 16.7. The van der Waals surface area contributed by atoms with Gasteiger partial charge in [0, 0.05) is 4.91 Å². The van der Waals surface area contributed by atoms with Crippen LogP contribution >= 0.6 is 11.8 Å². The lowest BCUT2D eigenvalue weighted by atomic mass is 10.0. The van der Waals surface area contributed by atoms with Gasteiger partial charge in [-0.2, -0.15) is 9.48 Å². The number of urea groups is 1. The molecule has 2 aliphatic heterocycles. The second kappa shape index (κ2) is 8.39. The number of nitrogens with zero attached hydrogens (tertiary/aromatic N) is 3. The molecule has 0 saturated carbocycles. The molecule has 0 saturated heterocycles. The van der Waals surface area contributed by atoms with E-state index in [1.807, 2.05) is 19.1 Å². The van der Waals surface area contributed by atoms with Crippen LogP contribution in [0.25, 0.3) is 0 Å². The molecule has 9 heteroatoms. The average molecular weight is 401 g/mol. The van der Waals surface area contributed by atoms with Crippen LogP contribution in [-0.2, 0) is 9.59 Å². The summed E-state index contributed by atoms with van der Waals surface area (Å²) in [6, 6.07) is 6.78. The smallest absolute Gasteiger partial charge is 0.445 e. The molecular weight excluding hydrogens is 380 g/mol. The first-order chi connectivity index (χ1) is 13.4. The second-order valence-electron chi connectivity index (χ2n) is 6.14. The molecule has 3 rings (SSSR count). The van der Waals surface area contributed by atoms with E-state index < -0.39 is 11.9 Å². The lowest BCUT2D eigenvalue weighted by Crippen LogP contribution is -2.52. The van der Waals surface area contributed by atoms with Crippen LogP contribution in [0, 0.1) is 5.92 Å². The number of anilines is 1. The summed E-state index contributed by atoms with van der Waals surface area (Å²) in [6.07, 6.45) is 3.24. The number of hydrogen-bond acceptors (Lipinski definition) is 6. The molecule has 0 spiro atoms. The van der Waals surface area contributed by atoms with Crippen molar-refractivity contribution in [2.75, 3.05) is 31.8 Å². The molecule has 8 nitrogen and oxygen atoms in total. The third-order valence-corrected chi connectivity index (χ3v) is 5.43. The largest absolute Gasteiger partial charge is 0.492 e. The van der Waals surface area contributed by atoms with E-state index in [9.17, 15) is 14.4 Å². The van der Waals surface area contributed by atoms with Gasteiger partial charge in [-0.05, 0) is 25.1 Å². The van der Waals surface area contributed by atoms with Gasteiger partial charge in [0.05, 0.1) is 32.1 Å². The number of carbonyl (C=O) groups is 3. The lowest BCUT2D eigenvalue weighted by molar-refractivity contribution is -0.407. The maximum atomic E-state index is 12.6. The molecule has 0 aromatic heterocycles. The fourth-order valence-electron chi connectivity index (χ4n) is 2.93. The van der Waals surface area contributed by atoms with Crippen molar-refractivity contribution in [2.45, 2.75) is 6.92 Å². The van der Waals surface area contributed by atoms with E-state index in [2.05, 4.69) is 10.3 Å². The van der Waals surface area contributed by atoms with Crippen molar-refractivity contribution in [3.05, 3.63) is 35.2 Å². The Hall–Kier alpha value is -2.94. The molecule has 0 bridgehead atoms. The predicted molar refractivity (Wildman–Crippen MR) is 108 cm³/mol. The van der Waals surface area contributed by atoms with Gasteiger partial charge in [-0.1, -0.05) is 12.1 Å². The Bertz CT molecular complexity index is 922. The standard InChI is InChI=1S/C19H20N4O4S/c1-4-27-13-8-6-5-7-12(13)21-15(24)11-28-14-9-10-20-17-16(14)18(25)23(3)19(26)22(17)2/h5-10,16H,4,11H2,1-3H3/p+1. The number of amidine groups is 1. The molecule has 0 aliphatic carbocycles. The number of carbonyl (C=O) groups excluding carboxylic acids is 3. The number of hydrogen-bond donors (Lipinski definition) is 1. The van der Waals surface area contributed by atoms with Gasteiger partial charge in [-0.3, -0.25) is 9.59 Å². The van der Waals surface area contributed by atoms with E-state index in [4.69, 9.17) is 4.74 Å². The van der Waals surface area contributed by atoms with Crippen LogP contribution < -0.4 is 10.1 Å². The van der Waals surface area contributed by atoms with Gasteiger partial charge >= 0.3 is 11.9 Å². The van der Waals surface area contributed by atoms with E-state index in [0.29, 0.717) is 28.8 Å². The normalized spacial score (nSPS) is 18.8. The first-order valence-electron chi connectivity index (χ1n) is 8.74. The third-order valence-electron chi connectivity index (χ3n) is 4.31. The summed E-state index contributed by atoms with van der Waals surface area (Å²) < 4.78 is 6.87. The molecule has 146 valence electrons. The quantitative estimate of drug-likeness (QED) is 0.736. The van der Waals surface area contributed by atoms with Gasteiger partial charge in [-0.15, -0.1) is 16.8 Å². The number of fused-ring (bicyclic) bond motifs is 1. The summed E-state index contributed by atoms with van der Waals surface area (Å²) in [4.78, 5) is 43.0. The number of thioether (sulfide) groups is 1. The number of allylic oxidation sites excluding steroid dienone is 1. The van der Waals surface area contributed by atoms with Crippen LogP contribution in [0.4, 0.5) is 10.5 Å². The minimum absolute atomic E-state index is 0.110. The summed E-state index contributed by atoms with van der Waals surface area (Å²) in [5.74, 6) is -0.156.